The minimum absolute atomic E-state index is 0.000306. The first kappa shape index (κ1) is 56.1. The first-order chi connectivity index (χ1) is 36.1. The number of aryl methyl sites for hydroxylation is 1. The fourth-order valence-electron chi connectivity index (χ4n) is 16.7. The monoisotopic (exact) mass is 1090 g/mol. The van der Waals surface area contributed by atoms with Crippen molar-refractivity contribution >= 4 is 38.5 Å². The molecule has 19 atom stereocenters. The maximum atomic E-state index is 13.8. The maximum absolute atomic E-state index is 13.8. The molecule has 8 aliphatic rings. The minimum atomic E-state index is -2.50. The summed E-state index contributed by atoms with van der Waals surface area (Å²) in [6, 6.07) is 4.04. The number of aliphatic hydroxyl groups is 8. The molecule has 0 unspecified atom stereocenters. The molecule has 3 spiro atoms. The molecule has 3 aliphatic heterocycles. The number of rotatable bonds is 12. The van der Waals surface area contributed by atoms with Gasteiger partial charge in [-0.25, -0.2) is 0 Å². The van der Waals surface area contributed by atoms with Crippen LogP contribution in [0.4, 0.5) is 0 Å². The van der Waals surface area contributed by atoms with Gasteiger partial charge in [0, 0.05) is 66.0 Å². The van der Waals surface area contributed by atoms with Gasteiger partial charge in [0.25, 0.3) is 0 Å². The van der Waals surface area contributed by atoms with E-state index < -0.39 is 82.6 Å². The molecule has 10 rings (SSSR count). The quantitative estimate of drug-likeness (QED) is 0.0711. The second-order valence-corrected chi connectivity index (χ2v) is 26.9. The zero-order valence-electron chi connectivity index (χ0n) is 44.3. The fraction of sp³-hybridized carbons (Fsp3) is 0.807. The fourth-order valence-corrected chi connectivity index (χ4v) is 20.9. The predicted octanol–water partition coefficient (Wildman–Crippen LogP) is 5.55. The van der Waals surface area contributed by atoms with E-state index in [1.165, 1.54) is 12.8 Å². The third-order valence-corrected chi connectivity index (χ3v) is 23.7. The van der Waals surface area contributed by atoms with Gasteiger partial charge in [-0.2, -0.15) is 0 Å². The molecule has 4 heterocycles. The highest BCUT2D eigenvalue weighted by Crippen LogP contribution is 2.71. The lowest BCUT2D eigenvalue weighted by molar-refractivity contribution is -0.424. The van der Waals surface area contributed by atoms with Crippen LogP contribution in [0.5, 0.6) is 11.5 Å². The van der Waals surface area contributed by atoms with E-state index in [-0.39, 0.29) is 86.0 Å². The van der Waals surface area contributed by atoms with Crippen molar-refractivity contribution in [2.45, 2.75) is 194 Å². The van der Waals surface area contributed by atoms with Gasteiger partial charge in [-0.3, -0.25) is 4.79 Å². The van der Waals surface area contributed by atoms with Gasteiger partial charge in [-0.1, -0.05) is 53.5 Å². The van der Waals surface area contributed by atoms with Gasteiger partial charge in [0.2, 0.25) is 12.0 Å². The van der Waals surface area contributed by atoms with E-state index in [0.29, 0.717) is 66.6 Å². The average molecular weight is 1090 g/mol. The maximum Gasteiger partial charge on any atom is 0.306 e. The Hall–Kier alpha value is -2.17. The number of carbonyl (C=O) groups is 1. The van der Waals surface area contributed by atoms with Crippen LogP contribution in [-0.4, -0.2) is 157 Å². The molecule has 6 fully saturated rings. The number of ether oxygens (including phenoxy) is 4. The van der Waals surface area contributed by atoms with E-state index in [0.717, 1.165) is 51.4 Å². The largest absolute Gasteiger partial charge is 0.485 e. The second kappa shape index (κ2) is 22.8. The highest BCUT2D eigenvalue weighted by molar-refractivity contribution is 8.77. The molecule has 5 aliphatic carbocycles. The van der Waals surface area contributed by atoms with Crippen molar-refractivity contribution in [3.8, 4) is 11.5 Å². The number of nitrogens with one attached hydrogen (secondary N) is 2. The summed E-state index contributed by atoms with van der Waals surface area (Å²) < 4.78 is 32.5. The predicted molar refractivity (Wildman–Crippen MR) is 286 cm³/mol. The Balaban J connectivity index is 1.15. The molecule has 75 heavy (non-hydrogen) atoms. The number of allylic oxidation sites excluding steroid dienone is 1. The molecule has 2 saturated heterocycles. The van der Waals surface area contributed by atoms with Crippen LogP contribution in [-0.2, 0) is 20.7 Å². The lowest BCUT2D eigenvalue weighted by Gasteiger charge is -2.67. The summed E-state index contributed by atoms with van der Waals surface area (Å²) in [6.45, 7) is 4.26. The third-order valence-electron chi connectivity index (χ3n) is 20.3. The molecule has 1 aromatic heterocycles. The zero-order chi connectivity index (χ0) is 52.9. The van der Waals surface area contributed by atoms with Crippen molar-refractivity contribution in [3.05, 3.63) is 36.1 Å². The highest BCUT2D eigenvalue weighted by atomic mass is 33.1. The molecule has 0 amide bonds. The summed E-state index contributed by atoms with van der Waals surface area (Å²) in [6.07, 6.45) is 10.1. The van der Waals surface area contributed by atoms with Gasteiger partial charge in [0.05, 0.1) is 31.2 Å². The van der Waals surface area contributed by atoms with E-state index in [1.807, 2.05) is 6.07 Å². The summed E-state index contributed by atoms with van der Waals surface area (Å²) in [7, 11) is 5.43. The van der Waals surface area contributed by atoms with Crippen molar-refractivity contribution < 1.29 is 69.0 Å². The molecule has 10 N–H and O–H groups in total. The number of hydrogen-bond donors (Lipinski definition) is 10. The number of fused-ring (bicyclic) bond motifs is 12. The normalized spacial score (nSPS) is 43.2. The van der Waals surface area contributed by atoms with Crippen LogP contribution in [0.15, 0.2) is 35.0 Å². The van der Waals surface area contributed by atoms with Crippen LogP contribution in [0.2, 0.25) is 0 Å². The summed E-state index contributed by atoms with van der Waals surface area (Å²) in [5.74, 6) is -1.39. The Kier molecular flexibility index (Phi) is 17.0. The molecule has 0 radical (unpaired) electrons. The van der Waals surface area contributed by atoms with Crippen molar-refractivity contribution in [1.82, 2.24) is 10.6 Å². The van der Waals surface area contributed by atoms with Crippen LogP contribution in [0.25, 0.3) is 11.0 Å². The summed E-state index contributed by atoms with van der Waals surface area (Å²) in [5, 5.41) is 106. The highest BCUT2D eigenvalue weighted by Gasteiger charge is 2.78. The van der Waals surface area contributed by atoms with Gasteiger partial charge < -0.3 is 74.9 Å². The average Bonchev–Trinajstić information content (AvgIpc) is 4.22. The van der Waals surface area contributed by atoms with Crippen LogP contribution in [0.3, 0.4) is 0 Å². The molecule has 16 nitrogen and oxygen atoms in total. The Morgan fingerprint density at radius 1 is 1.01 bits per heavy atom. The molecule has 5 bridgehead atoms. The summed E-state index contributed by atoms with van der Waals surface area (Å²) in [5.41, 5.74) is -5.92. The number of aliphatic hydroxyl groups excluding tert-OH is 6. The lowest BCUT2D eigenvalue weighted by atomic mass is 9.50. The van der Waals surface area contributed by atoms with E-state index in [1.54, 1.807) is 53.0 Å². The Morgan fingerprint density at radius 3 is 2.64 bits per heavy atom. The Bertz CT molecular complexity index is 2330. The first-order valence-electron chi connectivity index (χ1n) is 28.6. The third kappa shape index (κ3) is 9.82. The van der Waals surface area contributed by atoms with Crippen LogP contribution in [0, 0.1) is 46.8 Å². The minimum Gasteiger partial charge on any atom is -0.485 e. The molecule has 420 valence electrons. The Labute approximate surface area is 450 Å². The molecule has 2 aromatic rings. The van der Waals surface area contributed by atoms with Gasteiger partial charge >= 0.3 is 5.97 Å². The topological polar surface area (TPSA) is 253 Å². The molecule has 1 aromatic carbocycles. The van der Waals surface area contributed by atoms with Gasteiger partial charge in [0.15, 0.2) is 16.9 Å². The lowest BCUT2D eigenvalue weighted by Crippen LogP contribution is -2.86. The Morgan fingerprint density at radius 2 is 1.85 bits per heavy atom. The van der Waals surface area contributed by atoms with Crippen LogP contribution in [0.1, 0.15) is 129 Å². The molecule has 4 saturated carbocycles. The number of furan rings is 1. The van der Waals surface area contributed by atoms with Crippen molar-refractivity contribution in [2.24, 2.45) is 46.8 Å². The smallest absolute Gasteiger partial charge is 0.306 e. The van der Waals surface area contributed by atoms with Crippen molar-refractivity contribution in [3.63, 3.8) is 0 Å². The summed E-state index contributed by atoms with van der Waals surface area (Å²) >= 11 is 0. The first-order valence-corrected chi connectivity index (χ1v) is 30.9. The standard InChI is InChI=1S/C57H86N2O14S2/c1-4-69-46(65)19-13-34-27-35-20-25-70-48(35)50-49(34)72-52-57(68)47-37(12-16-42(63)40(47)31-61)29-55(67,51(57)66)56(73-52)32-74-75-54(44(59-23-26-71-50)18-10-33(2)7-5-9-45(56)64)22-21-53(43(54)17-14-38(62)8-6-24-60)28-36-11-15-41(58-3)39(36)30-53/h12,16,20,25,27,33,36-45,47,51-52,58-64,66-68H,4-11,13-15,17-19,21-24,26,28-32H2,1-3H3/t33-,36+,37+,38-,39+,40+,41-,42-,43-,44-,45+,47-,51+,52-,53-,54+,55+,56-,57-/m1/s1. The molecule has 18 heteroatoms. The number of hydrogen-bond acceptors (Lipinski definition) is 18. The number of esters is 1. The van der Waals surface area contributed by atoms with E-state index in [9.17, 15) is 45.6 Å². The number of benzene rings is 1. The van der Waals surface area contributed by atoms with Gasteiger partial charge in [-0.05, 0) is 163 Å². The van der Waals surface area contributed by atoms with Gasteiger partial charge in [0.1, 0.15) is 23.9 Å². The molecular weight excluding hydrogens is 1000 g/mol. The SMILES string of the molecule is CCOC(=O)CCc1cc2ccoc2c2c1O[C@@H]1O[C@@]3(CSS[C@]4(CC[C@]5(C[C@@H]6CC[C@@H](NC)[C@H]6C5)[C@H]4CC[C@H](O)CCCO)[C@@H](CC[C@H](C)CCC[C@@H]3O)NCCO2)[C@]2(O)C[C@@H]3C=C[C@@H](O)[C@H](CO)[C@@H]3[C@@]1(O)[C@H]2O. The van der Waals surface area contributed by atoms with Crippen LogP contribution >= 0.6 is 21.6 Å². The second-order valence-electron chi connectivity index (χ2n) is 24.2. The van der Waals surface area contributed by atoms with Crippen molar-refractivity contribution in [2.75, 3.05) is 45.8 Å². The van der Waals surface area contributed by atoms with Crippen molar-refractivity contribution in [1.29, 1.82) is 0 Å². The van der Waals surface area contributed by atoms with Gasteiger partial charge in [-0.15, -0.1) is 0 Å². The molecular formula is C57H86N2O14S2. The summed E-state index contributed by atoms with van der Waals surface area (Å²) in [4.78, 5) is 13.0. The zero-order valence-corrected chi connectivity index (χ0v) is 45.9. The van der Waals surface area contributed by atoms with E-state index >= 15 is 0 Å². The van der Waals surface area contributed by atoms with E-state index in [4.69, 9.17) is 23.4 Å². The van der Waals surface area contributed by atoms with E-state index in [2.05, 4.69) is 24.6 Å². The number of carbonyl (C=O) groups excluding carboxylic acids is 1. The van der Waals surface area contributed by atoms with Crippen LogP contribution < -0.4 is 20.1 Å².